The summed E-state index contributed by atoms with van der Waals surface area (Å²) in [7, 11) is 1.66. The van der Waals surface area contributed by atoms with Gasteiger partial charge in [0, 0.05) is 42.8 Å². The van der Waals surface area contributed by atoms with Gasteiger partial charge in [-0.25, -0.2) is 4.98 Å². The maximum absolute atomic E-state index is 13.3. The molecule has 0 unspecified atom stereocenters. The Bertz CT molecular complexity index is 1160. The number of methoxy groups -OCH3 is 1. The smallest absolute Gasteiger partial charge is 0.252 e. The van der Waals surface area contributed by atoms with E-state index in [0.717, 1.165) is 53.4 Å². The van der Waals surface area contributed by atoms with Gasteiger partial charge in [0.2, 0.25) is 0 Å². The van der Waals surface area contributed by atoms with Crippen molar-refractivity contribution in [3.63, 3.8) is 0 Å². The molecule has 0 N–H and O–H groups in total. The summed E-state index contributed by atoms with van der Waals surface area (Å²) < 4.78 is 11.0. The third-order valence-corrected chi connectivity index (χ3v) is 6.92. The number of hydrogen-bond acceptors (Lipinski definition) is 4. The molecule has 5 nitrogen and oxygen atoms in total. The van der Waals surface area contributed by atoms with Crippen molar-refractivity contribution in [1.29, 1.82) is 0 Å². The normalized spacial score (nSPS) is 17.5. The van der Waals surface area contributed by atoms with Crippen LogP contribution in [0, 0.1) is 0 Å². The van der Waals surface area contributed by atoms with Crippen molar-refractivity contribution in [2.45, 2.75) is 44.8 Å². The molecule has 172 valence electrons. The molecule has 0 spiro atoms. The predicted octanol–water partition coefficient (Wildman–Crippen LogP) is 5.20. The number of aryl methyl sites for hydroxylation is 2. The zero-order valence-electron chi connectivity index (χ0n) is 19.0. The molecule has 1 fully saturated rings. The van der Waals surface area contributed by atoms with Gasteiger partial charge in [-0.1, -0.05) is 23.7 Å². The second-order valence-corrected chi connectivity index (χ2v) is 9.36. The average Bonchev–Trinajstić information content (AvgIpc) is 3.52. The highest BCUT2D eigenvalue weighted by atomic mass is 35.5. The van der Waals surface area contributed by atoms with Crippen LogP contribution in [-0.4, -0.2) is 48.8 Å². The van der Waals surface area contributed by atoms with Crippen LogP contribution >= 0.6 is 11.6 Å². The molecule has 6 heteroatoms. The van der Waals surface area contributed by atoms with Gasteiger partial charge in [0.25, 0.3) is 5.91 Å². The van der Waals surface area contributed by atoms with Crippen LogP contribution in [0.3, 0.4) is 0 Å². The van der Waals surface area contributed by atoms with E-state index >= 15 is 0 Å². The number of pyridine rings is 1. The molecule has 1 aromatic heterocycles. The minimum atomic E-state index is -0.363. The van der Waals surface area contributed by atoms with E-state index in [-0.39, 0.29) is 12.0 Å². The first kappa shape index (κ1) is 22.3. The van der Waals surface area contributed by atoms with Crippen LogP contribution in [0.2, 0.25) is 5.02 Å². The fraction of sp³-hybridized carbons (Fsp3) is 0.407. The molecule has 2 aliphatic rings. The quantitative estimate of drug-likeness (QED) is 0.482. The van der Waals surface area contributed by atoms with Crippen molar-refractivity contribution in [3.8, 4) is 11.3 Å². The first-order valence-corrected chi connectivity index (χ1v) is 12.1. The van der Waals surface area contributed by atoms with Gasteiger partial charge in [-0.2, -0.15) is 0 Å². The molecule has 5 rings (SSSR count). The number of nitrogens with zero attached hydrogens (tertiary/aromatic N) is 2. The van der Waals surface area contributed by atoms with E-state index in [1.54, 1.807) is 7.11 Å². The van der Waals surface area contributed by atoms with Crippen LogP contribution in [0.5, 0.6) is 0 Å². The number of carbonyl (C=O) groups excluding carboxylic acids is 1. The van der Waals surface area contributed by atoms with Gasteiger partial charge in [-0.05, 0) is 79.1 Å². The number of fused-ring (bicyclic) bond motifs is 2. The Hall–Kier alpha value is -2.47. The van der Waals surface area contributed by atoms with E-state index in [9.17, 15) is 4.79 Å². The van der Waals surface area contributed by atoms with Crippen molar-refractivity contribution in [2.24, 2.45) is 0 Å². The SMILES string of the molecule is COCCN(Cc1cc2cc3c(cc2nc1-c1ccc(Cl)cc1)CCC3)C(=O)[C@@H]1CCCO1. The summed E-state index contributed by atoms with van der Waals surface area (Å²) in [6, 6.07) is 14.5. The van der Waals surface area contributed by atoms with Gasteiger partial charge in [0.1, 0.15) is 6.10 Å². The number of rotatable bonds is 7. The number of benzene rings is 2. The molecule has 1 aliphatic heterocycles. The van der Waals surface area contributed by atoms with Crippen molar-refractivity contribution in [2.75, 3.05) is 26.9 Å². The number of hydrogen-bond donors (Lipinski definition) is 0. The number of halogens is 1. The monoisotopic (exact) mass is 464 g/mol. The zero-order valence-corrected chi connectivity index (χ0v) is 19.7. The summed E-state index contributed by atoms with van der Waals surface area (Å²) >= 11 is 6.15. The average molecular weight is 465 g/mol. The number of ether oxygens (including phenoxy) is 2. The minimum Gasteiger partial charge on any atom is -0.383 e. The Kier molecular flexibility index (Phi) is 6.63. The Morgan fingerprint density at radius 2 is 1.94 bits per heavy atom. The van der Waals surface area contributed by atoms with Crippen molar-refractivity contribution in [3.05, 3.63) is 64.2 Å². The van der Waals surface area contributed by atoms with Gasteiger partial charge in [-0.15, -0.1) is 0 Å². The predicted molar refractivity (Wildman–Crippen MR) is 130 cm³/mol. The van der Waals surface area contributed by atoms with Crippen LogP contribution in [0.15, 0.2) is 42.5 Å². The van der Waals surface area contributed by atoms with E-state index in [2.05, 4.69) is 18.2 Å². The van der Waals surface area contributed by atoms with E-state index < -0.39 is 0 Å². The lowest BCUT2D eigenvalue weighted by atomic mass is 10.00. The molecule has 0 saturated carbocycles. The molecule has 1 atom stereocenters. The fourth-order valence-electron chi connectivity index (χ4n) is 4.92. The molecule has 0 bridgehead atoms. The Balaban J connectivity index is 1.57. The molecule has 3 aromatic rings. The molecular weight excluding hydrogens is 436 g/mol. The van der Waals surface area contributed by atoms with E-state index in [4.69, 9.17) is 26.1 Å². The Morgan fingerprint density at radius 1 is 1.15 bits per heavy atom. The van der Waals surface area contributed by atoms with Crippen LogP contribution in [-0.2, 0) is 33.7 Å². The van der Waals surface area contributed by atoms with E-state index in [1.165, 1.54) is 17.5 Å². The molecule has 2 aromatic carbocycles. The highest BCUT2D eigenvalue weighted by Crippen LogP contribution is 2.32. The van der Waals surface area contributed by atoms with Crippen molar-refractivity contribution < 1.29 is 14.3 Å². The largest absolute Gasteiger partial charge is 0.383 e. The van der Waals surface area contributed by atoms with Crippen molar-refractivity contribution in [1.82, 2.24) is 9.88 Å². The van der Waals surface area contributed by atoms with Gasteiger partial charge in [0.15, 0.2) is 0 Å². The van der Waals surface area contributed by atoms with Gasteiger partial charge >= 0.3 is 0 Å². The number of carbonyl (C=O) groups is 1. The van der Waals surface area contributed by atoms with Gasteiger partial charge < -0.3 is 14.4 Å². The molecule has 1 amide bonds. The van der Waals surface area contributed by atoms with Crippen molar-refractivity contribution >= 4 is 28.4 Å². The maximum atomic E-state index is 13.3. The number of aromatic nitrogens is 1. The van der Waals surface area contributed by atoms with E-state index in [0.29, 0.717) is 31.3 Å². The zero-order chi connectivity index (χ0) is 22.8. The Morgan fingerprint density at radius 3 is 2.67 bits per heavy atom. The first-order chi connectivity index (χ1) is 16.1. The van der Waals surface area contributed by atoms with Crippen LogP contribution in [0.4, 0.5) is 0 Å². The third-order valence-electron chi connectivity index (χ3n) is 6.67. The lowest BCUT2D eigenvalue weighted by Gasteiger charge is -2.26. The third kappa shape index (κ3) is 4.77. The lowest BCUT2D eigenvalue weighted by molar-refractivity contribution is -0.142. The van der Waals surface area contributed by atoms with E-state index in [1.807, 2.05) is 29.2 Å². The summed E-state index contributed by atoms with van der Waals surface area (Å²) in [5.74, 6) is 0.0284. The molecular formula is C27H29ClN2O3. The summed E-state index contributed by atoms with van der Waals surface area (Å²) in [6.07, 6.45) is 4.77. The van der Waals surface area contributed by atoms with Crippen LogP contribution < -0.4 is 0 Å². The van der Waals surface area contributed by atoms with Gasteiger partial charge in [0.05, 0.1) is 17.8 Å². The highest BCUT2D eigenvalue weighted by Gasteiger charge is 2.29. The lowest BCUT2D eigenvalue weighted by Crippen LogP contribution is -2.40. The standard InChI is InChI=1S/C27H29ClN2O3/c1-32-13-11-30(27(31)25-6-3-12-33-25)17-22-15-21-14-19-4-2-5-20(19)16-24(21)29-26(22)18-7-9-23(28)10-8-18/h7-10,14-16,25H,2-6,11-13,17H2,1H3/t25-/m0/s1. The topological polar surface area (TPSA) is 51.7 Å². The molecule has 2 heterocycles. The minimum absolute atomic E-state index is 0.0284. The fourth-order valence-corrected chi connectivity index (χ4v) is 5.05. The summed E-state index contributed by atoms with van der Waals surface area (Å²) in [5, 5.41) is 1.81. The van der Waals surface area contributed by atoms with Crippen LogP contribution in [0.1, 0.15) is 36.0 Å². The Labute approximate surface area is 199 Å². The highest BCUT2D eigenvalue weighted by molar-refractivity contribution is 6.30. The summed E-state index contributed by atoms with van der Waals surface area (Å²) in [6.45, 7) is 2.09. The number of amides is 1. The maximum Gasteiger partial charge on any atom is 0.252 e. The molecule has 0 radical (unpaired) electrons. The first-order valence-electron chi connectivity index (χ1n) is 11.7. The second-order valence-electron chi connectivity index (χ2n) is 8.92. The van der Waals surface area contributed by atoms with Gasteiger partial charge in [-0.3, -0.25) is 4.79 Å². The molecule has 1 aliphatic carbocycles. The second kappa shape index (κ2) is 9.80. The summed E-state index contributed by atoms with van der Waals surface area (Å²) in [4.78, 5) is 20.2. The molecule has 1 saturated heterocycles. The molecule has 33 heavy (non-hydrogen) atoms. The summed E-state index contributed by atoms with van der Waals surface area (Å²) in [5.41, 5.74) is 6.72. The van der Waals surface area contributed by atoms with Crippen LogP contribution in [0.25, 0.3) is 22.2 Å².